The van der Waals surface area contributed by atoms with E-state index in [1.165, 1.54) is 14.2 Å². The molecule has 0 radical (unpaired) electrons. The highest BCUT2D eigenvalue weighted by atomic mass is 16.5. The number of methoxy groups -OCH3 is 2. The lowest BCUT2D eigenvalue weighted by atomic mass is 10.3. The third kappa shape index (κ3) is 3.50. The molecule has 0 aliphatic carbocycles. The summed E-state index contributed by atoms with van der Waals surface area (Å²) in [6.07, 6.45) is 0.223. The van der Waals surface area contributed by atoms with E-state index in [9.17, 15) is 5.11 Å². The Labute approximate surface area is 93.9 Å². The van der Waals surface area contributed by atoms with Crippen LogP contribution in [0.2, 0.25) is 0 Å². The van der Waals surface area contributed by atoms with E-state index in [-0.39, 0.29) is 12.0 Å². The number of anilines is 1. The van der Waals surface area contributed by atoms with Crippen LogP contribution in [0.25, 0.3) is 0 Å². The number of hydrogen-bond donors (Lipinski definition) is 2. The van der Waals surface area contributed by atoms with Crippen LogP contribution >= 0.6 is 0 Å². The summed E-state index contributed by atoms with van der Waals surface area (Å²) in [6, 6.07) is 0.334. The van der Waals surface area contributed by atoms with Crippen molar-refractivity contribution in [3.05, 3.63) is 0 Å². The van der Waals surface area contributed by atoms with Crippen LogP contribution in [0.5, 0.6) is 12.0 Å². The summed E-state index contributed by atoms with van der Waals surface area (Å²) in [6.45, 7) is 2.26. The van der Waals surface area contributed by atoms with Crippen molar-refractivity contribution in [2.45, 2.75) is 19.4 Å². The molecule has 7 heteroatoms. The molecule has 2 N–H and O–H groups in total. The van der Waals surface area contributed by atoms with Gasteiger partial charge in [-0.3, -0.25) is 0 Å². The summed E-state index contributed by atoms with van der Waals surface area (Å²) in [5.41, 5.74) is 0. The van der Waals surface area contributed by atoms with Gasteiger partial charge < -0.3 is 19.9 Å². The number of aromatic nitrogens is 3. The maximum atomic E-state index is 9.38. The van der Waals surface area contributed by atoms with Gasteiger partial charge in [0.2, 0.25) is 5.95 Å². The lowest BCUT2D eigenvalue weighted by molar-refractivity contribution is 0.183. The third-order valence-electron chi connectivity index (χ3n) is 1.93. The van der Waals surface area contributed by atoms with E-state index in [2.05, 4.69) is 20.3 Å². The van der Waals surface area contributed by atoms with Crippen LogP contribution < -0.4 is 14.8 Å². The standard InChI is InChI=1S/C9H16N4O3/c1-4-6(14)5-10-7-11-8(15-2)13-9(12-7)16-3/h6,14H,4-5H2,1-3H3,(H,10,11,12,13). The van der Waals surface area contributed by atoms with Crippen molar-refractivity contribution in [3.8, 4) is 12.0 Å². The van der Waals surface area contributed by atoms with Crippen LogP contribution in [-0.2, 0) is 0 Å². The molecule has 90 valence electrons. The normalized spacial score (nSPS) is 12.0. The van der Waals surface area contributed by atoms with Crippen LogP contribution in [0.1, 0.15) is 13.3 Å². The first-order valence-electron chi connectivity index (χ1n) is 4.95. The zero-order valence-corrected chi connectivity index (χ0v) is 9.60. The Morgan fingerprint density at radius 3 is 2.19 bits per heavy atom. The first-order chi connectivity index (χ1) is 7.69. The van der Waals surface area contributed by atoms with E-state index in [4.69, 9.17) is 9.47 Å². The maximum absolute atomic E-state index is 9.38. The zero-order chi connectivity index (χ0) is 12.0. The van der Waals surface area contributed by atoms with Crippen molar-refractivity contribution in [2.24, 2.45) is 0 Å². The first kappa shape index (κ1) is 12.4. The van der Waals surface area contributed by atoms with Gasteiger partial charge in [-0.2, -0.15) is 9.97 Å². The highest BCUT2D eigenvalue weighted by Gasteiger charge is 2.08. The summed E-state index contributed by atoms with van der Waals surface area (Å²) in [7, 11) is 2.92. The van der Waals surface area contributed by atoms with Gasteiger partial charge in [0.05, 0.1) is 20.3 Å². The number of nitrogens with one attached hydrogen (secondary N) is 1. The number of nitrogens with zero attached hydrogens (tertiary/aromatic N) is 3. The van der Waals surface area contributed by atoms with E-state index >= 15 is 0 Å². The minimum absolute atomic E-state index is 0.167. The van der Waals surface area contributed by atoms with Gasteiger partial charge in [0.15, 0.2) is 0 Å². The second-order valence-electron chi connectivity index (χ2n) is 3.08. The van der Waals surface area contributed by atoms with Gasteiger partial charge in [0, 0.05) is 6.54 Å². The smallest absolute Gasteiger partial charge is 0.324 e. The lowest BCUT2D eigenvalue weighted by Crippen LogP contribution is -2.19. The number of hydrogen-bond acceptors (Lipinski definition) is 7. The molecule has 1 unspecified atom stereocenters. The average molecular weight is 228 g/mol. The number of aliphatic hydroxyl groups is 1. The molecule has 0 fully saturated rings. The molecule has 0 saturated carbocycles. The predicted octanol–water partition coefficient (Wildman–Crippen LogP) is 0.0716. The molecular weight excluding hydrogens is 212 g/mol. The quantitative estimate of drug-likeness (QED) is 0.712. The monoisotopic (exact) mass is 228 g/mol. The van der Waals surface area contributed by atoms with Crippen LogP contribution in [-0.4, -0.2) is 46.9 Å². The third-order valence-corrected chi connectivity index (χ3v) is 1.93. The Morgan fingerprint density at radius 1 is 1.19 bits per heavy atom. The zero-order valence-electron chi connectivity index (χ0n) is 9.60. The van der Waals surface area contributed by atoms with Gasteiger partial charge in [0.25, 0.3) is 0 Å². The van der Waals surface area contributed by atoms with E-state index < -0.39 is 6.10 Å². The highest BCUT2D eigenvalue weighted by molar-refractivity contribution is 5.27. The topological polar surface area (TPSA) is 89.4 Å². The molecule has 7 nitrogen and oxygen atoms in total. The maximum Gasteiger partial charge on any atom is 0.324 e. The minimum Gasteiger partial charge on any atom is -0.467 e. The Bertz CT molecular complexity index is 312. The van der Waals surface area contributed by atoms with Gasteiger partial charge >= 0.3 is 12.0 Å². The summed E-state index contributed by atoms with van der Waals surface area (Å²) >= 11 is 0. The second-order valence-corrected chi connectivity index (χ2v) is 3.08. The van der Waals surface area contributed by atoms with Gasteiger partial charge in [-0.15, -0.1) is 4.98 Å². The molecule has 0 spiro atoms. The Balaban J connectivity index is 2.71. The van der Waals surface area contributed by atoms with Crippen molar-refractivity contribution in [3.63, 3.8) is 0 Å². The van der Waals surface area contributed by atoms with Crippen LogP contribution in [0.3, 0.4) is 0 Å². The fourth-order valence-electron chi connectivity index (χ4n) is 0.953. The van der Waals surface area contributed by atoms with Crippen molar-refractivity contribution >= 4 is 5.95 Å². The SMILES string of the molecule is CCC(O)CNc1nc(OC)nc(OC)n1. The molecule has 1 aromatic heterocycles. The van der Waals surface area contributed by atoms with E-state index in [1.807, 2.05) is 6.92 Å². The van der Waals surface area contributed by atoms with Crippen molar-refractivity contribution in [1.29, 1.82) is 0 Å². The molecule has 0 aromatic carbocycles. The molecule has 1 atom stereocenters. The molecule has 0 aliphatic heterocycles. The Morgan fingerprint density at radius 2 is 1.75 bits per heavy atom. The van der Waals surface area contributed by atoms with Crippen LogP contribution in [0, 0.1) is 0 Å². The van der Waals surface area contributed by atoms with Crippen LogP contribution in [0.15, 0.2) is 0 Å². The van der Waals surface area contributed by atoms with Gasteiger partial charge in [-0.1, -0.05) is 6.92 Å². The molecular formula is C9H16N4O3. The van der Waals surface area contributed by atoms with Gasteiger partial charge in [-0.25, -0.2) is 0 Å². The lowest BCUT2D eigenvalue weighted by Gasteiger charge is -2.10. The molecule has 1 rings (SSSR count). The summed E-state index contributed by atoms with van der Waals surface area (Å²) in [5, 5.41) is 12.2. The van der Waals surface area contributed by atoms with E-state index in [0.717, 1.165) is 0 Å². The number of rotatable bonds is 6. The van der Waals surface area contributed by atoms with E-state index in [0.29, 0.717) is 18.9 Å². The fraction of sp³-hybridized carbons (Fsp3) is 0.667. The molecule has 16 heavy (non-hydrogen) atoms. The van der Waals surface area contributed by atoms with Crippen molar-refractivity contribution in [1.82, 2.24) is 15.0 Å². The summed E-state index contributed by atoms with van der Waals surface area (Å²) in [4.78, 5) is 11.8. The molecule has 0 saturated heterocycles. The Hall–Kier alpha value is -1.63. The van der Waals surface area contributed by atoms with Crippen molar-refractivity contribution in [2.75, 3.05) is 26.1 Å². The molecule has 0 bridgehead atoms. The predicted molar refractivity (Wildman–Crippen MR) is 57.7 cm³/mol. The number of aliphatic hydroxyl groups excluding tert-OH is 1. The van der Waals surface area contributed by atoms with Gasteiger partial charge in [-0.05, 0) is 6.42 Å². The average Bonchev–Trinajstić information content (AvgIpc) is 2.35. The number of ether oxygens (including phenoxy) is 2. The molecule has 0 aliphatic rings. The Kier molecular flexibility index (Phi) is 4.71. The highest BCUT2D eigenvalue weighted by Crippen LogP contribution is 2.11. The van der Waals surface area contributed by atoms with E-state index in [1.54, 1.807) is 0 Å². The largest absolute Gasteiger partial charge is 0.467 e. The summed E-state index contributed by atoms with van der Waals surface area (Å²) in [5.74, 6) is 0.316. The van der Waals surface area contributed by atoms with Gasteiger partial charge in [0.1, 0.15) is 0 Å². The molecule has 1 aromatic rings. The molecule has 0 amide bonds. The fourth-order valence-corrected chi connectivity index (χ4v) is 0.953. The van der Waals surface area contributed by atoms with Crippen LogP contribution in [0.4, 0.5) is 5.95 Å². The molecule has 1 heterocycles. The summed E-state index contributed by atoms with van der Waals surface area (Å²) < 4.78 is 9.77. The minimum atomic E-state index is -0.436. The first-order valence-corrected chi connectivity index (χ1v) is 4.95. The second kappa shape index (κ2) is 6.06. The van der Waals surface area contributed by atoms with Crippen molar-refractivity contribution < 1.29 is 14.6 Å².